The molecular formula is C18H28N2O2. The highest BCUT2D eigenvalue weighted by atomic mass is 16.3. The molecule has 1 aliphatic heterocycles. The fourth-order valence-corrected chi connectivity index (χ4v) is 3.70. The summed E-state index contributed by atoms with van der Waals surface area (Å²) in [5.41, 5.74) is 0.704. The lowest BCUT2D eigenvalue weighted by atomic mass is 9.79. The van der Waals surface area contributed by atoms with Crippen LogP contribution in [0.4, 0.5) is 5.69 Å². The zero-order valence-corrected chi connectivity index (χ0v) is 13.5. The van der Waals surface area contributed by atoms with E-state index in [2.05, 4.69) is 16.7 Å². The molecule has 1 aromatic rings. The van der Waals surface area contributed by atoms with Crippen molar-refractivity contribution in [1.82, 2.24) is 4.90 Å². The van der Waals surface area contributed by atoms with Gasteiger partial charge >= 0.3 is 0 Å². The molecule has 0 atom stereocenters. The van der Waals surface area contributed by atoms with Crippen LogP contribution in [0.5, 0.6) is 5.75 Å². The standard InChI is InChI=1S/C18H28N2O2/c1-15-6-8-18(22,9-7-15)14-19-10-12-20(13-11-19)16-2-4-17(21)5-3-16/h2-5,15,21-22H,6-14H2,1H3. The Morgan fingerprint density at radius 2 is 1.64 bits per heavy atom. The number of piperazine rings is 1. The van der Waals surface area contributed by atoms with Gasteiger partial charge in [0, 0.05) is 38.4 Å². The van der Waals surface area contributed by atoms with Crippen LogP contribution in [0.3, 0.4) is 0 Å². The van der Waals surface area contributed by atoms with Crippen molar-refractivity contribution in [3.8, 4) is 5.75 Å². The van der Waals surface area contributed by atoms with Crippen LogP contribution in [0.1, 0.15) is 32.6 Å². The largest absolute Gasteiger partial charge is 0.508 e. The molecule has 2 fully saturated rings. The molecule has 2 N–H and O–H groups in total. The summed E-state index contributed by atoms with van der Waals surface area (Å²) in [5, 5.41) is 20.1. The molecule has 1 aromatic carbocycles. The number of anilines is 1. The molecule has 3 rings (SSSR count). The number of benzene rings is 1. The maximum Gasteiger partial charge on any atom is 0.115 e. The number of hydrogen-bond donors (Lipinski definition) is 2. The lowest BCUT2D eigenvalue weighted by Gasteiger charge is -2.42. The Labute approximate surface area is 133 Å². The molecule has 1 saturated carbocycles. The molecule has 0 spiro atoms. The van der Waals surface area contributed by atoms with Crippen LogP contribution in [0, 0.1) is 5.92 Å². The Morgan fingerprint density at radius 3 is 2.23 bits per heavy atom. The fraction of sp³-hybridized carbons (Fsp3) is 0.667. The van der Waals surface area contributed by atoms with Crippen molar-refractivity contribution in [3.63, 3.8) is 0 Å². The van der Waals surface area contributed by atoms with E-state index in [9.17, 15) is 10.2 Å². The number of aliphatic hydroxyl groups is 1. The molecule has 22 heavy (non-hydrogen) atoms. The molecular weight excluding hydrogens is 276 g/mol. The quantitative estimate of drug-likeness (QED) is 0.900. The van der Waals surface area contributed by atoms with Gasteiger partial charge in [0.1, 0.15) is 5.75 Å². The molecule has 2 aliphatic rings. The van der Waals surface area contributed by atoms with Gasteiger partial charge in [-0.15, -0.1) is 0 Å². The van der Waals surface area contributed by atoms with Crippen LogP contribution in [0.25, 0.3) is 0 Å². The van der Waals surface area contributed by atoms with Crippen LogP contribution in [0.2, 0.25) is 0 Å². The SMILES string of the molecule is CC1CCC(O)(CN2CCN(c3ccc(O)cc3)CC2)CC1. The zero-order chi connectivity index (χ0) is 15.6. The van der Waals surface area contributed by atoms with Crippen LogP contribution in [-0.4, -0.2) is 53.4 Å². The van der Waals surface area contributed by atoms with Crippen molar-refractivity contribution >= 4 is 5.69 Å². The van der Waals surface area contributed by atoms with E-state index in [-0.39, 0.29) is 0 Å². The highest BCUT2D eigenvalue weighted by Gasteiger charge is 2.34. The van der Waals surface area contributed by atoms with E-state index in [1.165, 1.54) is 5.69 Å². The summed E-state index contributed by atoms with van der Waals surface area (Å²) in [5.74, 6) is 1.09. The monoisotopic (exact) mass is 304 g/mol. The molecule has 122 valence electrons. The number of phenols is 1. The van der Waals surface area contributed by atoms with E-state index in [1.54, 1.807) is 12.1 Å². The third kappa shape index (κ3) is 3.73. The lowest BCUT2D eigenvalue weighted by Crippen LogP contribution is -2.52. The third-order valence-corrected chi connectivity index (χ3v) is 5.31. The molecule has 4 nitrogen and oxygen atoms in total. The smallest absolute Gasteiger partial charge is 0.115 e. The topological polar surface area (TPSA) is 46.9 Å². The highest BCUT2D eigenvalue weighted by Crippen LogP contribution is 2.32. The first-order valence-corrected chi connectivity index (χ1v) is 8.53. The molecule has 0 radical (unpaired) electrons. The number of hydrogen-bond acceptors (Lipinski definition) is 4. The van der Waals surface area contributed by atoms with Gasteiger partial charge in [-0.3, -0.25) is 4.90 Å². The second kappa shape index (κ2) is 6.47. The van der Waals surface area contributed by atoms with Crippen molar-refractivity contribution in [1.29, 1.82) is 0 Å². The minimum atomic E-state index is -0.465. The number of aromatic hydroxyl groups is 1. The molecule has 0 bridgehead atoms. The van der Waals surface area contributed by atoms with E-state index in [4.69, 9.17) is 0 Å². The van der Waals surface area contributed by atoms with Crippen LogP contribution in [-0.2, 0) is 0 Å². The Hall–Kier alpha value is -1.26. The number of phenolic OH excluding ortho intramolecular Hbond substituents is 1. The van der Waals surface area contributed by atoms with Crippen molar-refractivity contribution in [2.75, 3.05) is 37.6 Å². The van der Waals surface area contributed by atoms with Gasteiger partial charge in [0.25, 0.3) is 0 Å². The predicted molar refractivity (Wildman–Crippen MR) is 89.3 cm³/mol. The second-order valence-electron chi connectivity index (χ2n) is 7.19. The van der Waals surface area contributed by atoms with E-state index in [0.29, 0.717) is 5.75 Å². The first-order chi connectivity index (χ1) is 10.5. The minimum Gasteiger partial charge on any atom is -0.508 e. The summed E-state index contributed by atoms with van der Waals surface area (Å²) in [6.07, 6.45) is 4.21. The van der Waals surface area contributed by atoms with E-state index in [0.717, 1.165) is 64.3 Å². The molecule has 1 heterocycles. The van der Waals surface area contributed by atoms with E-state index in [1.807, 2.05) is 12.1 Å². The van der Waals surface area contributed by atoms with Gasteiger partial charge in [0.15, 0.2) is 0 Å². The number of β-amino-alcohol motifs (C(OH)–C–C–N with tert-alkyl or cyclic N) is 1. The third-order valence-electron chi connectivity index (χ3n) is 5.31. The summed E-state index contributed by atoms with van der Waals surface area (Å²) in [6, 6.07) is 7.43. The molecule has 0 amide bonds. The first-order valence-electron chi connectivity index (χ1n) is 8.53. The van der Waals surface area contributed by atoms with Crippen molar-refractivity contribution < 1.29 is 10.2 Å². The number of nitrogens with zero attached hydrogens (tertiary/aromatic N) is 2. The van der Waals surface area contributed by atoms with Crippen LogP contribution in [0.15, 0.2) is 24.3 Å². The van der Waals surface area contributed by atoms with Gasteiger partial charge in [-0.1, -0.05) is 6.92 Å². The summed E-state index contributed by atoms with van der Waals surface area (Å²) in [7, 11) is 0. The Balaban J connectivity index is 1.50. The summed E-state index contributed by atoms with van der Waals surface area (Å²) >= 11 is 0. The van der Waals surface area contributed by atoms with Gasteiger partial charge in [0.05, 0.1) is 5.60 Å². The average molecular weight is 304 g/mol. The van der Waals surface area contributed by atoms with Crippen LogP contribution < -0.4 is 4.90 Å². The fourth-order valence-electron chi connectivity index (χ4n) is 3.70. The Morgan fingerprint density at radius 1 is 1.05 bits per heavy atom. The van der Waals surface area contributed by atoms with Crippen molar-refractivity contribution in [2.24, 2.45) is 5.92 Å². The zero-order valence-electron chi connectivity index (χ0n) is 13.5. The van der Waals surface area contributed by atoms with Crippen molar-refractivity contribution in [3.05, 3.63) is 24.3 Å². The maximum atomic E-state index is 10.8. The lowest BCUT2D eigenvalue weighted by molar-refractivity contribution is -0.0358. The summed E-state index contributed by atoms with van der Waals surface area (Å²) in [6.45, 7) is 7.07. The Bertz CT molecular complexity index is 472. The molecule has 0 unspecified atom stereocenters. The van der Waals surface area contributed by atoms with Crippen LogP contribution >= 0.6 is 0 Å². The molecule has 1 saturated heterocycles. The molecule has 4 heteroatoms. The van der Waals surface area contributed by atoms with Gasteiger partial charge in [-0.25, -0.2) is 0 Å². The van der Waals surface area contributed by atoms with Gasteiger partial charge in [-0.05, 0) is 55.9 Å². The predicted octanol–water partition coefficient (Wildman–Crippen LogP) is 2.46. The van der Waals surface area contributed by atoms with Gasteiger partial charge < -0.3 is 15.1 Å². The normalized spacial score (nSPS) is 30.5. The van der Waals surface area contributed by atoms with E-state index < -0.39 is 5.60 Å². The number of rotatable bonds is 3. The maximum absolute atomic E-state index is 10.8. The first kappa shape index (κ1) is 15.6. The summed E-state index contributed by atoms with van der Waals surface area (Å²) < 4.78 is 0. The second-order valence-corrected chi connectivity index (χ2v) is 7.19. The highest BCUT2D eigenvalue weighted by molar-refractivity contribution is 5.49. The summed E-state index contributed by atoms with van der Waals surface area (Å²) in [4.78, 5) is 4.76. The average Bonchev–Trinajstić information content (AvgIpc) is 2.52. The van der Waals surface area contributed by atoms with E-state index >= 15 is 0 Å². The molecule has 1 aliphatic carbocycles. The molecule has 0 aromatic heterocycles. The van der Waals surface area contributed by atoms with Gasteiger partial charge in [0.2, 0.25) is 0 Å². The van der Waals surface area contributed by atoms with Gasteiger partial charge in [-0.2, -0.15) is 0 Å². The minimum absolute atomic E-state index is 0.316. The van der Waals surface area contributed by atoms with Crippen molar-refractivity contribution in [2.45, 2.75) is 38.2 Å². The Kier molecular flexibility index (Phi) is 4.59.